The highest BCUT2D eigenvalue weighted by atomic mass is 16.5. The van der Waals surface area contributed by atoms with Gasteiger partial charge >= 0.3 is 0 Å². The minimum absolute atomic E-state index is 0.248. The molecule has 0 aromatic heterocycles. The molecule has 2 aromatic rings. The number of nitrogens with one attached hydrogen (secondary N) is 1. The molecule has 0 aliphatic carbocycles. The molecule has 2 aromatic carbocycles. The number of anilines is 1. The minimum Gasteiger partial charge on any atom is -0.493 e. The summed E-state index contributed by atoms with van der Waals surface area (Å²) in [5.74, 6) is 1.50. The van der Waals surface area contributed by atoms with Crippen molar-refractivity contribution in [2.75, 3.05) is 39.9 Å². The fourth-order valence-corrected chi connectivity index (χ4v) is 2.70. The Hall–Kier alpha value is -3.60. The lowest BCUT2D eigenvalue weighted by atomic mass is 10.1. The Morgan fingerprint density at radius 3 is 1.90 bits per heavy atom. The Morgan fingerprint density at radius 2 is 1.45 bits per heavy atom. The van der Waals surface area contributed by atoms with Crippen molar-refractivity contribution >= 4 is 11.6 Å². The SMILES string of the molecule is CCOc1cc(C#N)c(NC(=O)c2cc(OC)c(OC)c(OC)c2)cc1OCC. The molecule has 8 heteroatoms. The van der Waals surface area contributed by atoms with Crippen LogP contribution in [0.1, 0.15) is 29.8 Å². The Morgan fingerprint density at radius 1 is 0.897 bits per heavy atom. The summed E-state index contributed by atoms with van der Waals surface area (Å²) in [6.07, 6.45) is 0. The van der Waals surface area contributed by atoms with Crippen molar-refractivity contribution < 1.29 is 28.5 Å². The molecule has 29 heavy (non-hydrogen) atoms. The van der Waals surface area contributed by atoms with E-state index < -0.39 is 5.91 Å². The van der Waals surface area contributed by atoms with Crippen LogP contribution in [0.2, 0.25) is 0 Å². The van der Waals surface area contributed by atoms with Gasteiger partial charge in [-0.25, -0.2) is 0 Å². The predicted octanol–water partition coefficient (Wildman–Crippen LogP) is 3.63. The second kappa shape index (κ2) is 10.1. The van der Waals surface area contributed by atoms with Gasteiger partial charge in [0.05, 0.1) is 45.8 Å². The van der Waals surface area contributed by atoms with Crippen LogP contribution in [-0.4, -0.2) is 40.5 Å². The quantitative estimate of drug-likeness (QED) is 0.686. The molecule has 0 spiro atoms. The first kappa shape index (κ1) is 21.7. The molecule has 154 valence electrons. The average molecular weight is 400 g/mol. The van der Waals surface area contributed by atoms with Crippen LogP contribution in [-0.2, 0) is 0 Å². The Bertz CT molecular complexity index is 895. The zero-order valence-corrected chi connectivity index (χ0v) is 17.1. The van der Waals surface area contributed by atoms with E-state index in [1.165, 1.54) is 33.5 Å². The highest BCUT2D eigenvalue weighted by Crippen LogP contribution is 2.39. The third-order valence-corrected chi connectivity index (χ3v) is 3.98. The van der Waals surface area contributed by atoms with E-state index in [-0.39, 0.29) is 11.1 Å². The number of hydrogen-bond acceptors (Lipinski definition) is 7. The van der Waals surface area contributed by atoms with E-state index in [4.69, 9.17) is 23.7 Å². The first-order valence-electron chi connectivity index (χ1n) is 8.97. The van der Waals surface area contributed by atoms with Crippen LogP contribution in [0.15, 0.2) is 24.3 Å². The molecule has 0 radical (unpaired) electrons. The van der Waals surface area contributed by atoms with E-state index in [0.29, 0.717) is 47.6 Å². The maximum atomic E-state index is 12.9. The monoisotopic (exact) mass is 400 g/mol. The number of ether oxygens (including phenoxy) is 5. The molecular formula is C21H24N2O6. The number of amides is 1. The fraction of sp³-hybridized carbons (Fsp3) is 0.333. The van der Waals surface area contributed by atoms with Gasteiger partial charge in [0.25, 0.3) is 5.91 Å². The highest BCUT2D eigenvalue weighted by molar-refractivity contribution is 6.06. The van der Waals surface area contributed by atoms with Gasteiger partial charge in [-0.15, -0.1) is 0 Å². The number of methoxy groups -OCH3 is 3. The summed E-state index contributed by atoms with van der Waals surface area (Å²) in [4.78, 5) is 12.9. The summed E-state index contributed by atoms with van der Waals surface area (Å²) < 4.78 is 26.9. The van der Waals surface area contributed by atoms with E-state index in [0.717, 1.165) is 0 Å². The van der Waals surface area contributed by atoms with Gasteiger partial charge in [-0.3, -0.25) is 4.79 Å². The molecule has 0 aliphatic rings. The third-order valence-electron chi connectivity index (χ3n) is 3.98. The lowest BCUT2D eigenvalue weighted by molar-refractivity contribution is 0.102. The smallest absolute Gasteiger partial charge is 0.255 e. The van der Waals surface area contributed by atoms with Crippen molar-refractivity contribution in [1.29, 1.82) is 5.26 Å². The summed E-state index contributed by atoms with van der Waals surface area (Å²) in [6.45, 7) is 4.50. The van der Waals surface area contributed by atoms with Crippen LogP contribution in [0.4, 0.5) is 5.69 Å². The molecule has 1 N–H and O–H groups in total. The normalized spacial score (nSPS) is 9.93. The van der Waals surface area contributed by atoms with Crippen molar-refractivity contribution in [2.24, 2.45) is 0 Å². The Kier molecular flexibility index (Phi) is 7.54. The van der Waals surface area contributed by atoms with Crippen molar-refractivity contribution in [3.63, 3.8) is 0 Å². The standard InChI is InChI=1S/C21H24N2O6/c1-6-28-16-10-14(12-22)15(11-17(16)29-7-2)23-21(24)13-8-18(25-3)20(27-5)19(9-13)26-4/h8-11H,6-7H2,1-5H3,(H,23,24). The molecule has 8 nitrogen and oxygen atoms in total. The molecule has 2 rings (SSSR count). The van der Waals surface area contributed by atoms with E-state index >= 15 is 0 Å². The molecular weight excluding hydrogens is 376 g/mol. The van der Waals surface area contributed by atoms with Gasteiger partial charge < -0.3 is 29.0 Å². The number of benzene rings is 2. The van der Waals surface area contributed by atoms with Gasteiger partial charge in [0.2, 0.25) is 5.75 Å². The van der Waals surface area contributed by atoms with Gasteiger partial charge in [0, 0.05) is 17.7 Å². The van der Waals surface area contributed by atoms with Crippen molar-refractivity contribution in [2.45, 2.75) is 13.8 Å². The number of carbonyl (C=O) groups excluding carboxylic acids is 1. The number of hydrogen-bond donors (Lipinski definition) is 1. The van der Waals surface area contributed by atoms with E-state index in [9.17, 15) is 10.1 Å². The van der Waals surface area contributed by atoms with Crippen LogP contribution < -0.4 is 29.0 Å². The summed E-state index contributed by atoms with van der Waals surface area (Å²) in [5, 5.41) is 12.2. The fourth-order valence-electron chi connectivity index (χ4n) is 2.70. The second-order valence-corrected chi connectivity index (χ2v) is 5.69. The topological polar surface area (TPSA) is 99.0 Å². The van der Waals surface area contributed by atoms with Gasteiger partial charge in [-0.1, -0.05) is 0 Å². The first-order valence-corrected chi connectivity index (χ1v) is 8.97. The molecule has 1 amide bonds. The molecule has 0 bridgehead atoms. The third kappa shape index (κ3) is 4.82. The van der Waals surface area contributed by atoms with Crippen LogP contribution in [0.5, 0.6) is 28.7 Å². The van der Waals surface area contributed by atoms with Crippen LogP contribution >= 0.6 is 0 Å². The van der Waals surface area contributed by atoms with E-state index in [2.05, 4.69) is 11.4 Å². The number of nitrogens with zero attached hydrogens (tertiary/aromatic N) is 1. The molecule has 0 fully saturated rings. The molecule has 0 unspecified atom stereocenters. The van der Waals surface area contributed by atoms with Crippen LogP contribution in [0.25, 0.3) is 0 Å². The number of nitriles is 1. The van der Waals surface area contributed by atoms with Crippen molar-refractivity contribution in [3.8, 4) is 34.8 Å². The molecule has 0 saturated carbocycles. The summed E-state index contributed by atoms with van der Waals surface area (Å²) in [5.41, 5.74) is 0.825. The molecule has 0 atom stereocenters. The van der Waals surface area contributed by atoms with E-state index in [1.54, 1.807) is 12.1 Å². The number of rotatable bonds is 9. The Labute approximate surface area is 169 Å². The summed E-state index contributed by atoms with van der Waals surface area (Å²) in [7, 11) is 4.41. The lowest BCUT2D eigenvalue weighted by Gasteiger charge is -2.16. The number of carbonyl (C=O) groups is 1. The zero-order valence-electron chi connectivity index (χ0n) is 17.1. The maximum Gasteiger partial charge on any atom is 0.255 e. The summed E-state index contributed by atoms with van der Waals surface area (Å²) >= 11 is 0. The average Bonchev–Trinajstić information content (AvgIpc) is 2.74. The van der Waals surface area contributed by atoms with Gasteiger partial charge in [0.15, 0.2) is 23.0 Å². The largest absolute Gasteiger partial charge is 0.493 e. The summed E-state index contributed by atoms with van der Waals surface area (Å²) in [6, 6.07) is 8.23. The predicted molar refractivity (Wildman–Crippen MR) is 108 cm³/mol. The van der Waals surface area contributed by atoms with Gasteiger partial charge in [-0.05, 0) is 26.0 Å². The lowest BCUT2D eigenvalue weighted by Crippen LogP contribution is -2.14. The maximum absolute atomic E-state index is 12.9. The zero-order chi connectivity index (χ0) is 21.4. The van der Waals surface area contributed by atoms with E-state index in [1.807, 2.05) is 13.8 Å². The molecule has 0 heterocycles. The molecule has 0 saturated heterocycles. The Balaban J connectivity index is 2.44. The highest BCUT2D eigenvalue weighted by Gasteiger charge is 2.19. The van der Waals surface area contributed by atoms with Gasteiger partial charge in [-0.2, -0.15) is 5.26 Å². The minimum atomic E-state index is -0.452. The van der Waals surface area contributed by atoms with Crippen LogP contribution in [0, 0.1) is 11.3 Å². The molecule has 0 aliphatic heterocycles. The first-order chi connectivity index (χ1) is 14.0. The second-order valence-electron chi connectivity index (χ2n) is 5.69. The van der Waals surface area contributed by atoms with Crippen molar-refractivity contribution in [1.82, 2.24) is 0 Å². The van der Waals surface area contributed by atoms with Gasteiger partial charge in [0.1, 0.15) is 6.07 Å². The van der Waals surface area contributed by atoms with Crippen LogP contribution in [0.3, 0.4) is 0 Å². The van der Waals surface area contributed by atoms with Crippen molar-refractivity contribution in [3.05, 3.63) is 35.4 Å².